The molecular formula is C31H36F2N2O. The molecule has 1 saturated heterocycles. The van der Waals surface area contributed by atoms with Gasteiger partial charge in [0.25, 0.3) is 0 Å². The first-order chi connectivity index (χ1) is 17.4. The SMILES string of the molecule is Cc1cccc(C)c1CC(=O)CN1CCN(CCCC(c2ccc(F)cc2)c2ccc(F)cc2)CC1. The number of hydrogen-bond donors (Lipinski definition) is 0. The van der Waals surface area contributed by atoms with Gasteiger partial charge in [0.05, 0.1) is 6.54 Å². The molecule has 190 valence electrons. The zero-order valence-electron chi connectivity index (χ0n) is 21.4. The average Bonchev–Trinajstić information content (AvgIpc) is 2.87. The van der Waals surface area contributed by atoms with Crippen LogP contribution in [0.5, 0.6) is 0 Å². The Labute approximate surface area is 213 Å². The van der Waals surface area contributed by atoms with E-state index >= 15 is 0 Å². The van der Waals surface area contributed by atoms with Crippen molar-refractivity contribution in [3.05, 3.63) is 106 Å². The minimum absolute atomic E-state index is 0.106. The molecule has 3 aromatic carbocycles. The summed E-state index contributed by atoms with van der Waals surface area (Å²) in [5.74, 6) is -0.110. The van der Waals surface area contributed by atoms with E-state index in [1.807, 2.05) is 30.3 Å². The number of ketones is 1. The maximum Gasteiger partial charge on any atom is 0.151 e. The Morgan fingerprint density at radius 3 is 1.81 bits per heavy atom. The van der Waals surface area contributed by atoms with Crippen LogP contribution >= 0.6 is 0 Å². The molecule has 0 N–H and O–H groups in total. The molecule has 1 aliphatic heterocycles. The van der Waals surface area contributed by atoms with Crippen molar-refractivity contribution in [1.82, 2.24) is 9.80 Å². The molecule has 0 atom stereocenters. The van der Waals surface area contributed by atoms with E-state index < -0.39 is 0 Å². The van der Waals surface area contributed by atoms with Crippen LogP contribution in [0.1, 0.15) is 46.6 Å². The van der Waals surface area contributed by atoms with E-state index in [9.17, 15) is 13.6 Å². The van der Waals surface area contributed by atoms with Crippen molar-refractivity contribution < 1.29 is 13.6 Å². The zero-order valence-corrected chi connectivity index (χ0v) is 21.4. The molecule has 3 aromatic rings. The highest BCUT2D eigenvalue weighted by Crippen LogP contribution is 2.30. The summed E-state index contributed by atoms with van der Waals surface area (Å²) in [5.41, 5.74) is 5.64. The Morgan fingerprint density at radius 1 is 0.778 bits per heavy atom. The Morgan fingerprint density at radius 2 is 1.28 bits per heavy atom. The highest BCUT2D eigenvalue weighted by Gasteiger charge is 2.21. The average molecular weight is 491 g/mol. The number of benzene rings is 3. The van der Waals surface area contributed by atoms with Gasteiger partial charge < -0.3 is 4.90 Å². The van der Waals surface area contributed by atoms with Crippen molar-refractivity contribution in [2.75, 3.05) is 39.3 Å². The van der Waals surface area contributed by atoms with Gasteiger partial charge in [0, 0.05) is 38.5 Å². The Hall–Kier alpha value is -2.89. The van der Waals surface area contributed by atoms with Gasteiger partial charge in [0.15, 0.2) is 5.78 Å². The van der Waals surface area contributed by atoms with Gasteiger partial charge in [-0.25, -0.2) is 8.78 Å². The number of carbonyl (C=O) groups is 1. The fourth-order valence-corrected chi connectivity index (χ4v) is 5.24. The molecule has 4 rings (SSSR count). The van der Waals surface area contributed by atoms with Crippen LogP contribution in [0.4, 0.5) is 8.78 Å². The number of rotatable bonds is 10. The lowest BCUT2D eigenvalue weighted by Crippen LogP contribution is -2.48. The van der Waals surface area contributed by atoms with Gasteiger partial charge in [-0.3, -0.25) is 9.69 Å². The van der Waals surface area contributed by atoms with Crippen LogP contribution in [0, 0.1) is 25.5 Å². The van der Waals surface area contributed by atoms with E-state index in [0.29, 0.717) is 13.0 Å². The van der Waals surface area contributed by atoms with Gasteiger partial charge in [0.1, 0.15) is 11.6 Å². The number of carbonyl (C=O) groups excluding carboxylic acids is 1. The summed E-state index contributed by atoms with van der Waals surface area (Å²) in [6, 6.07) is 19.5. The minimum Gasteiger partial charge on any atom is -0.301 e. The third-order valence-corrected chi connectivity index (χ3v) is 7.40. The number of piperazine rings is 1. The largest absolute Gasteiger partial charge is 0.301 e. The van der Waals surface area contributed by atoms with Crippen LogP contribution in [-0.4, -0.2) is 54.9 Å². The number of hydrogen-bond acceptors (Lipinski definition) is 3. The molecule has 0 spiro atoms. The number of nitrogens with zero attached hydrogens (tertiary/aromatic N) is 2. The second-order valence-electron chi connectivity index (χ2n) is 10.0. The normalized spacial score (nSPS) is 14.9. The molecule has 0 unspecified atom stereocenters. The highest BCUT2D eigenvalue weighted by molar-refractivity contribution is 5.83. The Balaban J connectivity index is 1.25. The standard InChI is InChI=1S/C31H36F2N2O/c1-23-5-3-6-24(2)31(23)21-29(36)22-35-19-17-34(18-20-35)16-4-7-30(25-8-12-27(32)13-9-25)26-10-14-28(33)15-11-26/h3,5-6,8-15,30H,4,7,16-22H2,1-2H3. The minimum atomic E-state index is -0.248. The van der Waals surface area contributed by atoms with E-state index in [1.54, 1.807) is 0 Å². The summed E-state index contributed by atoms with van der Waals surface area (Å²) in [6.07, 6.45) is 2.41. The molecule has 0 aliphatic carbocycles. The predicted molar refractivity (Wildman–Crippen MR) is 141 cm³/mol. The van der Waals surface area contributed by atoms with Crippen molar-refractivity contribution in [3.63, 3.8) is 0 Å². The second-order valence-corrected chi connectivity index (χ2v) is 10.0. The van der Waals surface area contributed by atoms with Crippen molar-refractivity contribution in [2.45, 2.75) is 39.0 Å². The van der Waals surface area contributed by atoms with Crippen LogP contribution in [-0.2, 0) is 11.2 Å². The molecule has 3 nitrogen and oxygen atoms in total. The third kappa shape index (κ3) is 7.08. The van der Waals surface area contributed by atoms with Gasteiger partial charge in [-0.05, 0) is 85.3 Å². The third-order valence-electron chi connectivity index (χ3n) is 7.40. The first kappa shape index (κ1) is 26.2. The molecule has 0 bridgehead atoms. The van der Waals surface area contributed by atoms with Crippen LogP contribution in [0.15, 0.2) is 66.7 Å². The quantitative estimate of drug-likeness (QED) is 0.352. The number of Topliss-reactive ketones (excluding diaryl/α,β-unsaturated/α-hetero) is 1. The monoisotopic (exact) mass is 490 g/mol. The first-order valence-corrected chi connectivity index (χ1v) is 12.9. The number of halogens is 2. The van der Waals surface area contributed by atoms with Crippen LogP contribution in [0.25, 0.3) is 0 Å². The van der Waals surface area contributed by atoms with E-state index in [1.165, 1.54) is 35.4 Å². The van der Waals surface area contributed by atoms with Gasteiger partial charge in [-0.2, -0.15) is 0 Å². The van der Waals surface area contributed by atoms with Gasteiger partial charge in [0.2, 0.25) is 0 Å². The lowest BCUT2D eigenvalue weighted by Gasteiger charge is -2.34. The maximum atomic E-state index is 13.5. The summed E-state index contributed by atoms with van der Waals surface area (Å²) in [4.78, 5) is 17.5. The van der Waals surface area contributed by atoms with E-state index in [4.69, 9.17) is 0 Å². The van der Waals surface area contributed by atoms with Crippen molar-refractivity contribution in [1.29, 1.82) is 0 Å². The summed E-state index contributed by atoms with van der Waals surface area (Å²) < 4.78 is 26.9. The first-order valence-electron chi connectivity index (χ1n) is 12.9. The van der Waals surface area contributed by atoms with E-state index in [-0.39, 0.29) is 23.3 Å². The number of aryl methyl sites for hydroxylation is 2. The summed E-state index contributed by atoms with van der Waals surface area (Å²) in [5, 5.41) is 0. The van der Waals surface area contributed by atoms with Crippen LogP contribution in [0.3, 0.4) is 0 Å². The predicted octanol–water partition coefficient (Wildman–Crippen LogP) is 5.92. The van der Waals surface area contributed by atoms with Crippen LogP contribution in [0.2, 0.25) is 0 Å². The smallest absolute Gasteiger partial charge is 0.151 e. The van der Waals surface area contributed by atoms with Gasteiger partial charge >= 0.3 is 0 Å². The lowest BCUT2D eigenvalue weighted by molar-refractivity contribution is -0.120. The summed E-state index contributed by atoms with van der Waals surface area (Å²) >= 11 is 0. The molecule has 1 aliphatic rings. The molecule has 5 heteroatoms. The molecular weight excluding hydrogens is 454 g/mol. The van der Waals surface area contributed by atoms with Gasteiger partial charge in [-0.1, -0.05) is 42.5 Å². The maximum absolute atomic E-state index is 13.5. The van der Waals surface area contributed by atoms with Crippen LogP contribution < -0.4 is 0 Å². The van der Waals surface area contributed by atoms with Gasteiger partial charge in [-0.15, -0.1) is 0 Å². The fourth-order valence-electron chi connectivity index (χ4n) is 5.24. The zero-order chi connectivity index (χ0) is 25.5. The molecule has 36 heavy (non-hydrogen) atoms. The summed E-state index contributed by atoms with van der Waals surface area (Å²) in [7, 11) is 0. The Bertz CT molecular complexity index is 1070. The highest BCUT2D eigenvalue weighted by atomic mass is 19.1. The van der Waals surface area contributed by atoms with E-state index in [2.05, 4.69) is 35.8 Å². The molecule has 0 radical (unpaired) electrons. The summed E-state index contributed by atoms with van der Waals surface area (Å²) in [6.45, 7) is 9.34. The molecule has 0 aromatic heterocycles. The topological polar surface area (TPSA) is 23.6 Å². The molecule has 1 fully saturated rings. The second kappa shape index (κ2) is 12.4. The van der Waals surface area contributed by atoms with E-state index in [0.717, 1.165) is 62.3 Å². The van der Waals surface area contributed by atoms with Crippen molar-refractivity contribution in [3.8, 4) is 0 Å². The van der Waals surface area contributed by atoms with Crippen molar-refractivity contribution >= 4 is 5.78 Å². The lowest BCUT2D eigenvalue weighted by atomic mass is 9.87. The Kier molecular flexibility index (Phi) is 9.00. The fraction of sp³-hybridized carbons (Fsp3) is 0.387. The molecule has 1 heterocycles. The molecule has 0 amide bonds. The van der Waals surface area contributed by atoms with Crippen molar-refractivity contribution in [2.24, 2.45) is 0 Å². The molecule has 0 saturated carbocycles.